The van der Waals surface area contributed by atoms with Crippen molar-refractivity contribution in [2.75, 3.05) is 0 Å². The number of hydrogen-bond donors (Lipinski definition) is 0. The van der Waals surface area contributed by atoms with E-state index in [1.165, 1.54) is 59.8 Å². The normalized spacial score (nSPS) is 11.8. The summed E-state index contributed by atoms with van der Waals surface area (Å²) in [5.41, 5.74) is 8.14. The van der Waals surface area contributed by atoms with Crippen LogP contribution in [-0.2, 0) is 0 Å². The average Bonchev–Trinajstić information content (AvgIpc) is 3.45. The molecule has 0 atom stereocenters. The van der Waals surface area contributed by atoms with Crippen LogP contribution in [0.15, 0.2) is 175 Å². The van der Waals surface area contributed by atoms with Crippen LogP contribution in [0.4, 0.5) is 0 Å². The molecule has 0 fully saturated rings. The van der Waals surface area contributed by atoms with E-state index in [9.17, 15) is 4.79 Å². The third-order valence-corrected chi connectivity index (χ3v) is 9.92. The van der Waals surface area contributed by atoms with Crippen LogP contribution in [0.3, 0.4) is 0 Å². The van der Waals surface area contributed by atoms with Gasteiger partial charge in [-0.2, -0.15) is 0 Å². The number of nitrogens with zero attached hydrogens (tertiary/aromatic N) is 2. The van der Waals surface area contributed by atoms with Gasteiger partial charge in [-0.15, -0.1) is 0 Å². The summed E-state index contributed by atoms with van der Waals surface area (Å²) in [6.45, 7) is 0. The maximum atomic E-state index is 13.9. The van der Waals surface area contributed by atoms with Gasteiger partial charge in [0.25, 0.3) is 0 Å². The van der Waals surface area contributed by atoms with Gasteiger partial charge in [0.15, 0.2) is 0 Å². The highest BCUT2D eigenvalue weighted by atomic mass is 16.1. The van der Waals surface area contributed by atoms with E-state index in [0.29, 0.717) is 0 Å². The number of hydrogen-bond acceptors (Lipinski definition) is 1. The number of benzene rings is 9. The summed E-state index contributed by atoms with van der Waals surface area (Å²) in [6.07, 6.45) is 0. The fourth-order valence-electron chi connectivity index (χ4n) is 7.68. The Bertz CT molecular complexity index is 2900. The highest BCUT2D eigenvalue weighted by Gasteiger charge is 2.18. The van der Waals surface area contributed by atoms with Gasteiger partial charge in [0.2, 0.25) is 0 Å². The molecule has 0 saturated heterocycles. The summed E-state index contributed by atoms with van der Waals surface area (Å²) in [7, 11) is 0. The van der Waals surface area contributed by atoms with Gasteiger partial charge < -0.3 is 0 Å². The third-order valence-electron chi connectivity index (χ3n) is 9.92. The first-order chi connectivity index (χ1) is 23.7. The third kappa shape index (κ3) is 3.91. The second kappa shape index (κ2) is 10.3. The van der Waals surface area contributed by atoms with Crippen molar-refractivity contribution in [3.05, 3.63) is 180 Å². The van der Waals surface area contributed by atoms with E-state index in [1.54, 1.807) is 4.57 Å². The lowest BCUT2D eigenvalue weighted by Gasteiger charge is -2.17. The van der Waals surface area contributed by atoms with Crippen LogP contribution in [-0.4, -0.2) is 9.13 Å². The Labute approximate surface area is 276 Å². The fraction of sp³-hybridized carbons (Fsp3) is 0. The van der Waals surface area contributed by atoms with E-state index in [1.807, 2.05) is 59.2 Å². The summed E-state index contributed by atoms with van der Waals surface area (Å²) >= 11 is 0. The van der Waals surface area contributed by atoms with Gasteiger partial charge in [-0.05, 0) is 108 Å². The van der Waals surface area contributed by atoms with Crippen LogP contribution in [0.1, 0.15) is 0 Å². The summed E-state index contributed by atoms with van der Waals surface area (Å²) in [5, 5.41) is 10.1. The molecule has 0 aliphatic carbocycles. The number of rotatable bonds is 4. The number of aromatic nitrogens is 2. The fourth-order valence-corrected chi connectivity index (χ4v) is 7.68. The highest BCUT2D eigenvalue weighted by Crippen LogP contribution is 2.42. The van der Waals surface area contributed by atoms with Gasteiger partial charge in [0.1, 0.15) is 0 Å². The van der Waals surface area contributed by atoms with Crippen LogP contribution in [0.25, 0.3) is 87.8 Å². The summed E-state index contributed by atoms with van der Waals surface area (Å²) in [4.78, 5) is 13.9. The van der Waals surface area contributed by atoms with E-state index >= 15 is 0 Å². The van der Waals surface area contributed by atoms with Crippen molar-refractivity contribution in [3.63, 3.8) is 0 Å². The smallest absolute Gasteiger partial charge is 0.260 e. The molecule has 3 heteroatoms. The van der Waals surface area contributed by atoms with Gasteiger partial charge in [0.05, 0.1) is 22.4 Å². The van der Waals surface area contributed by atoms with Gasteiger partial charge >= 0.3 is 5.69 Å². The minimum absolute atomic E-state index is 0.0832. The van der Waals surface area contributed by atoms with Crippen molar-refractivity contribution in [1.29, 1.82) is 0 Å². The molecule has 0 radical (unpaired) electrons. The molecule has 0 aliphatic rings. The maximum Gasteiger partial charge on any atom is 0.338 e. The maximum absolute atomic E-state index is 13.9. The molecule has 0 bridgehead atoms. The molecule has 224 valence electrons. The molecule has 48 heavy (non-hydrogen) atoms. The van der Waals surface area contributed by atoms with Crippen LogP contribution in [0, 0.1) is 0 Å². The molecular formula is C45H28N2O. The SMILES string of the molecule is O=c1n(-c2ccccc2)c2ccccc2n1-c1ccc(-c2ccc3ccc4c(-c5ccc6ccccc6c5)ccc5ccc2c3c54)cc1. The number of fused-ring (bicyclic) bond motifs is 2. The minimum atomic E-state index is -0.0832. The van der Waals surface area contributed by atoms with Gasteiger partial charge in [0, 0.05) is 0 Å². The second-order valence-corrected chi connectivity index (χ2v) is 12.5. The molecular weight excluding hydrogens is 585 g/mol. The lowest BCUT2D eigenvalue weighted by molar-refractivity contribution is 0.931. The van der Waals surface area contributed by atoms with Crippen molar-refractivity contribution < 1.29 is 0 Å². The molecule has 1 aromatic heterocycles. The monoisotopic (exact) mass is 612 g/mol. The zero-order valence-electron chi connectivity index (χ0n) is 26.0. The molecule has 10 rings (SSSR count). The van der Waals surface area contributed by atoms with Crippen molar-refractivity contribution in [3.8, 4) is 33.6 Å². The van der Waals surface area contributed by atoms with E-state index in [0.717, 1.165) is 28.0 Å². The molecule has 0 aliphatic heterocycles. The van der Waals surface area contributed by atoms with E-state index in [4.69, 9.17) is 0 Å². The molecule has 9 aromatic carbocycles. The Morgan fingerprint density at radius 1 is 0.354 bits per heavy atom. The van der Waals surface area contributed by atoms with E-state index in [2.05, 4.69) is 115 Å². The van der Waals surface area contributed by atoms with Crippen LogP contribution in [0.5, 0.6) is 0 Å². The Morgan fingerprint density at radius 3 is 1.48 bits per heavy atom. The van der Waals surface area contributed by atoms with Crippen molar-refractivity contribution in [1.82, 2.24) is 9.13 Å². The first kappa shape index (κ1) is 26.7. The molecule has 3 nitrogen and oxygen atoms in total. The zero-order chi connectivity index (χ0) is 31.8. The van der Waals surface area contributed by atoms with Gasteiger partial charge in [-0.25, -0.2) is 4.79 Å². The molecule has 0 saturated carbocycles. The first-order valence-electron chi connectivity index (χ1n) is 16.3. The Balaban J connectivity index is 1.12. The predicted molar refractivity (Wildman–Crippen MR) is 201 cm³/mol. The lowest BCUT2D eigenvalue weighted by Crippen LogP contribution is -2.22. The van der Waals surface area contributed by atoms with Crippen molar-refractivity contribution in [2.24, 2.45) is 0 Å². The number of imidazole rings is 1. The molecule has 0 spiro atoms. The minimum Gasteiger partial charge on any atom is -0.260 e. The molecule has 1 heterocycles. The van der Waals surface area contributed by atoms with Gasteiger partial charge in [-0.3, -0.25) is 9.13 Å². The standard InChI is InChI=1S/C45H28N2O/c48-45-46(35-10-2-1-3-11-35)41-12-6-7-13-42(41)47(45)36-22-16-30(17-23-36)37-24-18-31-21-27-40-38(25-19-32-20-26-39(37)43(31)44(32)40)34-15-14-29-8-4-5-9-33(29)28-34/h1-28H. The predicted octanol–water partition coefficient (Wildman–Crippen LogP) is 11.2. The number of para-hydroxylation sites is 3. The first-order valence-corrected chi connectivity index (χ1v) is 16.3. The zero-order valence-corrected chi connectivity index (χ0v) is 26.0. The second-order valence-electron chi connectivity index (χ2n) is 12.5. The van der Waals surface area contributed by atoms with Crippen LogP contribution < -0.4 is 5.69 Å². The Kier molecular flexibility index (Phi) is 5.73. The van der Waals surface area contributed by atoms with Crippen molar-refractivity contribution in [2.45, 2.75) is 0 Å². The average molecular weight is 613 g/mol. The topological polar surface area (TPSA) is 26.9 Å². The summed E-state index contributed by atoms with van der Waals surface area (Å²) in [5.74, 6) is 0. The lowest BCUT2D eigenvalue weighted by atomic mass is 9.87. The molecule has 0 amide bonds. The van der Waals surface area contributed by atoms with E-state index in [-0.39, 0.29) is 5.69 Å². The van der Waals surface area contributed by atoms with Crippen LogP contribution >= 0.6 is 0 Å². The largest absolute Gasteiger partial charge is 0.338 e. The Hall–Kier alpha value is -6.45. The summed E-state index contributed by atoms with van der Waals surface area (Å²) < 4.78 is 3.60. The molecule has 10 aromatic rings. The van der Waals surface area contributed by atoms with E-state index < -0.39 is 0 Å². The molecule has 0 N–H and O–H groups in total. The quantitative estimate of drug-likeness (QED) is 0.182. The van der Waals surface area contributed by atoms with Crippen LogP contribution in [0.2, 0.25) is 0 Å². The highest BCUT2D eigenvalue weighted by molar-refractivity contribution is 6.27. The summed E-state index contributed by atoms with van der Waals surface area (Å²) in [6, 6.07) is 59.6. The van der Waals surface area contributed by atoms with Crippen molar-refractivity contribution >= 4 is 54.1 Å². The Morgan fingerprint density at radius 2 is 0.833 bits per heavy atom. The molecule has 0 unspecified atom stereocenters. The van der Waals surface area contributed by atoms with Gasteiger partial charge in [-0.1, -0.05) is 127 Å².